The summed E-state index contributed by atoms with van der Waals surface area (Å²) in [6, 6.07) is 0. The van der Waals surface area contributed by atoms with E-state index in [1.807, 2.05) is 0 Å². The van der Waals surface area contributed by atoms with Gasteiger partial charge in [-0.05, 0) is 38.0 Å². The molecule has 0 unspecified atom stereocenters. The van der Waals surface area contributed by atoms with Crippen molar-refractivity contribution in [2.24, 2.45) is 11.3 Å². The SMILES string of the molecule is CN(C)C(=O)COC[C@]12CCCO[C@H]1CCN(CC1CC1)C2. The number of ether oxygens (including phenoxy) is 2. The molecule has 2 saturated heterocycles. The molecule has 1 aliphatic carbocycles. The lowest BCUT2D eigenvalue weighted by Crippen LogP contribution is -2.57. The number of hydrogen-bond acceptors (Lipinski definition) is 4. The van der Waals surface area contributed by atoms with Crippen molar-refractivity contribution in [3.8, 4) is 0 Å². The van der Waals surface area contributed by atoms with Crippen molar-refractivity contribution < 1.29 is 14.3 Å². The summed E-state index contributed by atoms with van der Waals surface area (Å²) in [5.41, 5.74) is 0.0952. The highest BCUT2D eigenvalue weighted by Crippen LogP contribution is 2.41. The van der Waals surface area contributed by atoms with E-state index in [9.17, 15) is 4.79 Å². The van der Waals surface area contributed by atoms with Gasteiger partial charge in [0.05, 0.1) is 12.7 Å². The van der Waals surface area contributed by atoms with Crippen molar-refractivity contribution in [3.05, 3.63) is 0 Å². The number of piperidine rings is 1. The number of likely N-dealkylation sites (tertiary alicyclic amines) is 1. The molecule has 2 atom stereocenters. The second kappa shape index (κ2) is 6.85. The van der Waals surface area contributed by atoms with Gasteiger partial charge in [0.25, 0.3) is 0 Å². The third kappa shape index (κ3) is 3.81. The number of rotatable bonds is 6. The van der Waals surface area contributed by atoms with E-state index in [-0.39, 0.29) is 17.9 Å². The van der Waals surface area contributed by atoms with Crippen LogP contribution in [0.3, 0.4) is 0 Å². The molecular weight excluding hydrogens is 280 g/mol. The van der Waals surface area contributed by atoms with Gasteiger partial charge in [-0.3, -0.25) is 4.79 Å². The fourth-order valence-electron chi connectivity index (χ4n) is 3.89. The van der Waals surface area contributed by atoms with Crippen LogP contribution in [0.1, 0.15) is 32.1 Å². The quantitative estimate of drug-likeness (QED) is 0.743. The first-order chi connectivity index (χ1) is 10.6. The Hall–Kier alpha value is -0.650. The van der Waals surface area contributed by atoms with Crippen molar-refractivity contribution in [1.82, 2.24) is 9.80 Å². The van der Waals surface area contributed by atoms with Crippen LogP contribution < -0.4 is 0 Å². The molecule has 0 bridgehead atoms. The van der Waals surface area contributed by atoms with Crippen LogP contribution in [-0.2, 0) is 14.3 Å². The fraction of sp³-hybridized carbons (Fsp3) is 0.941. The number of likely N-dealkylation sites (N-methyl/N-ethyl adjacent to an activating group) is 1. The zero-order chi connectivity index (χ0) is 15.6. The van der Waals surface area contributed by atoms with Crippen LogP contribution in [0.25, 0.3) is 0 Å². The smallest absolute Gasteiger partial charge is 0.248 e. The second-order valence-electron chi connectivity index (χ2n) is 7.57. The summed E-state index contributed by atoms with van der Waals surface area (Å²) in [5.74, 6) is 0.963. The standard InChI is InChI=1S/C17H30N2O3/c1-18(2)16(20)11-21-13-17-7-3-9-22-15(17)6-8-19(12-17)10-14-4-5-14/h14-15H,3-13H2,1-2H3/t15-,17+/m0/s1. The van der Waals surface area contributed by atoms with Crippen molar-refractivity contribution in [3.63, 3.8) is 0 Å². The van der Waals surface area contributed by atoms with E-state index in [4.69, 9.17) is 9.47 Å². The van der Waals surface area contributed by atoms with Crippen molar-refractivity contribution in [2.75, 3.05) is 53.6 Å². The fourth-order valence-corrected chi connectivity index (χ4v) is 3.89. The molecule has 0 aromatic heterocycles. The maximum atomic E-state index is 11.7. The monoisotopic (exact) mass is 310 g/mol. The molecule has 0 N–H and O–H groups in total. The van der Waals surface area contributed by atoms with Crippen LogP contribution in [-0.4, -0.2) is 75.4 Å². The molecule has 5 heteroatoms. The van der Waals surface area contributed by atoms with Gasteiger partial charge in [0.15, 0.2) is 0 Å². The molecule has 0 aromatic carbocycles. The largest absolute Gasteiger partial charge is 0.377 e. The van der Waals surface area contributed by atoms with Crippen LogP contribution in [0, 0.1) is 11.3 Å². The Morgan fingerprint density at radius 2 is 2.18 bits per heavy atom. The van der Waals surface area contributed by atoms with Gasteiger partial charge in [-0.2, -0.15) is 0 Å². The van der Waals surface area contributed by atoms with Crippen LogP contribution in [0.15, 0.2) is 0 Å². The Kier molecular flexibility index (Phi) is 5.05. The first-order valence-electron chi connectivity index (χ1n) is 8.71. The molecule has 1 saturated carbocycles. The predicted octanol–water partition coefficient (Wildman–Crippen LogP) is 1.37. The number of amides is 1. The molecule has 22 heavy (non-hydrogen) atoms. The first kappa shape index (κ1) is 16.2. The van der Waals surface area contributed by atoms with Gasteiger partial charge in [0, 0.05) is 45.8 Å². The highest BCUT2D eigenvalue weighted by Gasteiger charge is 2.46. The van der Waals surface area contributed by atoms with E-state index in [1.165, 1.54) is 19.4 Å². The van der Waals surface area contributed by atoms with Gasteiger partial charge in [-0.25, -0.2) is 0 Å². The van der Waals surface area contributed by atoms with E-state index in [1.54, 1.807) is 19.0 Å². The van der Waals surface area contributed by atoms with Crippen LogP contribution in [0.4, 0.5) is 0 Å². The number of carbonyl (C=O) groups excluding carboxylic acids is 1. The maximum Gasteiger partial charge on any atom is 0.248 e. The lowest BCUT2D eigenvalue weighted by Gasteiger charge is -2.50. The molecule has 3 aliphatic rings. The topological polar surface area (TPSA) is 42.0 Å². The molecule has 0 spiro atoms. The van der Waals surface area contributed by atoms with Crippen molar-refractivity contribution >= 4 is 5.91 Å². The Morgan fingerprint density at radius 3 is 2.91 bits per heavy atom. The minimum atomic E-state index is 0.0373. The van der Waals surface area contributed by atoms with Crippen molar-refractivity contribution in [1.29, 1.82) is 0 Å². The first-order valence-corrected chi connectivity index (χ1v) is 8.71. The van der Waals surface area contributed by atoms with Gasteiger partial charge in [-0.1, -0.05) is 0 Å². The van der Waals surface area contributed by atoms with Gasteiger partial charge < -0.3 is 19.3 Å². The minimum absolute atomic E-state index is 0.0373. The molecule has 0 aromatic rings. The van der Waals surface area contributed by atoms with Gasteiger partial charge in [0.2, 0.25) is 5.91 Å². The summed E-state index contributed by atoms with van der Waals surface area (Å²) in [7, 11) is 3.54. The van der Waals surface area contributed by atoms with Crippen LogP contribution >= 0.6 is 0 Å². The number of hydrogen-bond donors (Lipinski definition) is 0. The average molecular weight is 310 g/mol. The summed E-state index contributed by atoms with van der Waals surface area (Å²) >= 11 is 0. The normalized spacial score (nSPS) is 32.5. The van der Waals surface area contributed by atoms with E-state index < -0.39 is 0 Å². The summed E-state index contributed by atoms with van der Waals surface area (Å²) in [5, 5.41) is 0. The van der Waals surface area contributed by atoms with Crippen LogP contribution in [0.2, 0.25) is 0 Å². The number of nitrogens with zero attached hydrogens (tertiary/aromatic N) is 2. The summed E-state index contributed by atoms with van der Waals surface area (Å²) in [6.45, 7) is 5.18. The molecule has 2 aliphatic heterocycles. The molecule has 3 rings (SSSR count). The van der Waals surface area contributed by atoms with Gasteiger partial charge >= 0.3 is 0 Å². The van der Waals surface area contributed by atoms with Gasteiger partial charge in [0.1, 0.15) is 6.61 Å². The van der Waals surface area contributed by atoms with Crippen molar-refractivity contribution in [2.45, 2.75) is 38.2 Å². The zero-order valence-electron chi connectivity index (χ0n) is 14.1. The summed E-state index contributed by atoms with van der Waals surface area (Å²) in [6.07, 6.45) is 6.49. The maximum absolute atomic E-state index is 11.7. The summed E-state index contributed by atoms with van der Waals surface area (Å²) in [4.78, 5) is 15.9. The number of fused-ring (bicyclic) bond motifs is 1. The highest BCUT2D eigenvalue weighted by molar-refractivity contribution is 5.76. The highest BCUT2D eigenvalue weighted by atomic mass is 16.5. The molecule has 1 amide bonds. The van der Waals surface area contributed by atoms with E-state index in [2.05, 4.69) is 4.90 Å². The Balaban J connectivity index is 1.57. The Bertz CT molecular complexity index is 397. The third-order valence-corrected chi connectivity index (χ3v) is 5.39. The van der Waals surface area contributed by atoms with Crippen LogP contribution in [0.5, 0.6) is 0 Å². The molecular formula is C17H30N2O3. The Morgan fingerprint density at radius 1 is 1.36 bits per heavy atom. The Labute approximate surface area is 133 Å². The number of carbonyl (C=O) groups is 1. The van der Waals surface area contributed by atoms with E-state index in [0.717, 1.165) is 44.9 Å². The molecule has 126 valence electrons. The second-order valence-corrected chi connectivity index (χ2v) is 7.57. The third-order valence-electron chi connectivity index (χ3n) is 5.39. The molecule has 3 fully saturated rings. The van der Waals surface area contributed by atoms with E-state index >= 15 is 0 Å². The minimum Gasteiger partial charge on any atom is -0.377 e. The van der Waals surface area contributed by atoms with Gasteiger partial charge in [-0.15, -0.1) is 0 Å². The zero-order valence-corrected chi connectivity index (χ0v) is 14.1. The summed E-state index contributed by atoms with van der Waals surface area (Å²) < 4.78 is 11.9. The predicted molar refractivity (Wildman–Crippen MR) is 84.7 cm³/mol. The molecule has 2 heterocycles. The molecule has 0 radical (unpaired) electrons. The lowest BCUT2D eigenvalue weighted by atomic mass is 9.73. The molecule has 5 nitrogen and oxygen atoms in total. The van der Waals surface area contributed by atoms with E-state index in [0.29, 0.717) is 12.7 Å². The lowest BCUT2D eigenvalue weighted by molar-refractivity contribution is -0.159. The average Bonchev–Trinajstić information content (AvgIpc) is 3.30.